The van der Waals surface area contributed by atoms with Crippen molar-refractivity contribution in [1.29, 1.82) is 0 Å². The molecular weight excluding hydrogens is 226 g/mol. The molecule has 0 saturated heterocycles. The summed E-state index contributed by atoms with van der Waals surface area (Å²) in [4.78, 5) is 19.9. The second kappa shape index (κ2) is 4.41. The van der Waals surface area contributed by atoms with E-state index in [1.54, 1.807) is 12.4 Å². The van der Waals surface area contributed by atoms with E-state index < -0.39 is 0 Å². The van der Waals surface area contributed by atoms with Crippen LogP contribution in [0.3, 0.4) is 0 Å². The zero-order valence-electron chi connectivity index (χ0n) is 9.63. The highest BCUT2D eigenvalue weighted by atomic mass is 16.1. The molecule has 3 rings (SSSR count). The highest BCUT2D eigenvalue weighted by Crippen LogP contribution is 2.21. The van der Waals surface area contributed by atoms with Crippen molar-refractivity contribution < 1.29 is 4.79 Å². The summed E-state index contributed by atoms with van der Waals surface area (Å²) in [5, 5.41) is 3.09. The van der Waals surface area contributed by atoms with E-state index in [9.17, 15) is 4.79 Å². The van der Waals surface area contributed by atoms with E-state index in [-0.39, 0.29) is 12.5 Å². The molecule has 0 saturated carbocycles. The van der Waals surface area contributed by atoms with Crippen LogP contribution in [0.15, 0.2) is 53.8 Å². The van der Waals surface area contributed by atoms with E-state index in [4.69, 9.17) is 0 Å². The fraction of sp³-hybridized carbons (Fsp3) is 0.0714. The minimum atomic E-state index is -0.176. The summed E-state index contributed by atoms with van der Waals surface area (Å²) >= 11 is 0. The maximum absolute atomic E-state index is 11.7. The van der Waals surface area contributed by atoms with Gasteiger partial charge >= 0.3 is 0 Å². The Morgan fingerprint density at radius 3 is 2.83 bits per heavy atom. The van der Waals surface area contributed by atoms with Crippen molar-refractivity contribution in [2.45, 2.75) is 0 Å². The summed E-state index contributed by atoms with van der Waals surface area (Å²) < 4.78 is 0. The van der Waals surface area contributed by atoms with Crippen molar-refractivity contribution in [2.24, 2.45) is 4.99 Å². The molecule has 2 aromatic rings. The van der Waals surface area contributed by atoms with Crippen molar-refractivity contribution in [3.05, 3.63) is 59.9 Å². The largest absolute Gasteiger partial charge is 0.376 e. The van der Waals surface area contributed by atoms with E-state index >= 15 is 0 Å². The van der Waals surface area contributed by atoms with Crippen LogP contribution in [0.2, 0.25) is 0 Å². The number of carbonyl (C=O) groups is 1. The molecule has 0 radical (unpaired) electrons. The Morgan fingerprint density at radius 2 is 2.00 bits per heavy atom. The SMILES string of the molecule is O=C1CNc2ccccc2C(c2cccnc2)=N1. The van der Waals surface area contributed by atoms with Crippen molar-refractivity contribution in [1.82, 2.24) is 4.98 Å². The van der Waals surface area contributed by atoms with E-state index in [1.807, 2.05) is 36.4 Å². The monoisotopic (exact) mass is 237 g/mol. The number of anilines is 1. The number of benzene rings is 1. The number of rotatable bonds is 1. The first-order valence-electron chi connectivity index (χ1n) is 5.70. The number of aliphatic imine (C=N–C) groups is 1. The number of nitrogens with one attached hydrogen (secondary N) is 1. The molecule has 4 nitrogen and oxygen atoms in total. The number of benzodiazepines with no additional fused rings is 1. The third kappa shape index (κ3) is 1.88. The number of amides is 1. The molecule has 0 atom stereocenters. The van der Waals surface area contributed by atoms with Gasteiger partial charge in [-0.2, -0.15) is 0 Å². The van der Waals surface area contributed by atoms with Crippen LogP contribution in [0.1, 0.15) is 11.1 Å². The molecule has 1 aliphatic heterocycles. The van der Waals surface area contributed by atoms with Gasteiger partial charge in [-0.05, 0) is 18.2 Å². The van der Waals surface area contributed by atoms with Gasteiger partial charge in [-0.15, -0.1) is 0 Å². The fourth-order valence-corrected chi connectivity index (χ4v) is 1.96. The summed E-state index contributed by atoms with van der Waals surface area (Å²) in [7, 11) is 0. The average Bonchev–Trinajstić information content (AvgIpc) is 2.60. The lowest BCUT2D eigenvalue weighted by Gasteiger charge is -2.08. The molecule has 4 heteroatoms. The Morgan fingerprint density at radius 1 is 1.11 bits per heavy atom. The number of hydrogen-bond acceptors (Lipinski definition) is 3. The van der Waals surface area contributed by atoms with Crippen LogP contribution in [0.25, 0.3) is 0 Å². The van der Waals surface area contributed by atoms with E-state index in [2.05, 4.69) is 15.3 Å². The molecule has 0 bridgehead atoms. The smallest absolute Gasteiger partial charge is 0.265 e. The minimum absolute atomic E-state index is 0.176. The quantitative estimate of drug-likeness (QED) is 0.823. The number of fused-ring (bicyclic) bond motifs is 1. The van der Waals surface area contributed by atoms with Gasteiger partial charge in [0.2, 0.25) is 0 Å². The Bertz CT molecular complexity index is 620. The highest BCUT2D eigenvalue weighted by Gasteiger charge is 2.17. The Balaban J connectivity index is 2.19. The lowest BCUT2D eigenvalue weighted by atomic mass is 10.0. The topological polar surface area (TPSA) is 54.4 Å². The van der Waals surface area contributed by atoms with Crippen LogP contribution < -0.4 is 5.32 Å². The van der Waals surface area contributed by atoms with Gasteiger partial charge < -0.3 is 5.32 Å². The van der Waals surface area contributed by atoms with Gasteiger partial charge in [0.15, 0.2) is 0 Å². The molecule has 0 fully saturated rings. The van der Waals surface area contributed by atoms with E-state index in [1.165, 1.54) is 0 Å². The van der Waals surface area contributed by atoms with Crippen molar-refractivity contribution in [3.63, 3.8) is 0 Å². The molecule has 1 aromatic carbocycles. The van der Waals surface area contributed by atoms with Crippen molar-refractivity contribution in [2.75, 3.05) is 11.9 Å². The maximum atomic E-state index is 11.7. The molecular formula is C14H11N3O. The summed E-state index contributed by atoms with van der Waals surface area (Å²) in [5.41, 5.74) is 3.37. The Hall–Kier alpha value is -2.49. The molecule has 1 aliphatic rings. The van der Waals surface area contributed by atoms with Crippen LogP contribution in [0.4, 0.5) is 5.69 Å². The first-order chi connectivity index (χ1) is 8.84. The number of hydrogen-bond donors (Lipinski definition) is 1. The Kier molecular flexibility index (Phi) is 2.61. The molecule has 1 N–H and O–H groups in total. The Labute approximate surface area is 104 Å². The predicted molar refractivity (Wildman–Crippen MR) is 69.8 cm³/mol. The maximum Gasteiger partial charge on any atom is 0.265 e. The second-order valence-electron chi connectivity index (χ2n) is 3.99. The van der Waals surface area contributed by atoms with Gasteiger partial charge in [0.05, 0.1) is 12.3 Å². The highest BCUT2D eigenvalue weighted by molar-refractivity contribution is 6.20. The van der Waals surface area contributed by atoms with Gasteiger partial charge in [0, 0.05) is 29.2 Å². The second-order valence-corrected chi connectivity index (χ2v) is 3.99. The lowest BCUT2D eigenvalue weighted by molar-refractivity contribution is -0.116. The number of para-hydroxylation sites is 1. The van der Waals surface area contributed by atoms with Crippen LogP contribution in [-0.4, -0.2) is 23.1 Å². The fourth-order valence-electron chi connectivity index (χ4n) is 1.96. The molecule has 88 valence electrons. The molecule has 0 spiro atoms. The first kappa shape index (κ1) is 10.7. The number of carbonyl (C=O) groups excluding carboxylic acids is 1. The van der Waals surface area contributed by atoms with Gasteiger partial charge in [0.25, 0.3) is 5.91 Å². The number of nitrogens with zero attached hydrogens (tertiary/aromatic N) is 2. The van der Waals surface area contributed by atoms with Crippen molar-refractivity contribution in [3.8, 4) is 0 Å². The first-order valence-corrected chi connectivity index (χ1v) is 5.70. The van der Waals surface area contributed by atoms with Gasteiger partial charge in [-0.1, -0.05) is 18.2 Å². The zero-order valence-corrected chi connectivity index (χ0v) is 9.63. The summed E-state index contributed by atoms with van der Waals surface area (Å²) in [5.74, 6) is -0.176. The van der Waals surface area contributed by atoms with Gasteiger partial charge in [-0.25, -0.2) is 4.99 Å². The van der Waals surface area contributed by atoms with Crippen LogP contribution >= 0.6 is 0 Å². The lowest BCUT2D eigenvalue weighted by Crippen LogP contribution is -2.09. The molecule has 1 amide bonds. The van der Waals surface area contributed by atoms with Crippen molar-refractivity contribution >= 4 is 17.3 Å². The van der Waals surface area contributed by atoms with Crippen LogP contribution in [0.5, 0.6) is 0 Å². The number of pyridine rings is 1. The third-order valence-corrected chi connectivity index (χ3v) is 2.78. The van der Waals surface area contributed by atoms with E-state index in [0.717, 1.165) is 16.8 Å². The van der Waals surface area contributed by atoms with Gasteiger partial charge in [-0.3, -0.25) is 9.78 Å². The van der Waals surface area contributed by atoms with Crippen LogP contribution in [0, 0.1) is 0 Å². The molecule has 0 unspecified atom stereocenters. The summed E-state index contributed by atoms with van der Waals surface area (Å²) in [6, 6.07) is 11.5. The molecule has 1 aromatic heterocycles. The summed E-state index contributed by atoms with van der Waals surface area (Å²) in [6.07, 6.45) is 3.42. The zero-order chi connectivity index (χ0) is 12.4. The normalized spacial score (nSPS) is 14.2. The molecule has 0 aliphatic carbocycles. The third-order valence-electron chi connectivity index (χ3n) is 2.78. The standard InChI is InChI=1S/C14H11N3O/c18-13-9-16-12-6-2-1-5-11(12)14(17-13)10-4-3-7-15-8-10/h1-8,16H,9H2. The number of aromatic nitrogens is 1. The van der Waals surface area contributed by atoms with Crippen LogP contribution in [-0.2, 0) is 4.79 Å². The predicted octanol–water partition coefficient (Wildman–Crippen LogP) is 1.87. The molecule has 18 heavy (non-hydrogen) atoms. The molecule has 2 heterocycles. The summed E-state index contributed by atoms with van der Waals surface area (Å²) in [6.45, 7) is 0.223. The average molecular weight is 237 g/mol. The van der Waals surface area contributed by atoms with E-state index in [0.29, 0.717) is 5.71 Å². The van der Waals surface area contributed by atoms with Gasteiger partial charge in [0.1, 0.15) is 0 Å². The minimum Gasteiger partial charge on any atom is -0.376 e.